The summed E-state index contributed by atoms with van der Waals surface area (Å²) >= 11 is 0. The third kappa shape index (κ3) is 4.62. The third-order valence-corrected chi connectivity index (χ3v) is 5.53. The van der Waals surface area contributed by atoms with E-state index in [2.05, 4.69) is 9.71 Å². The molecular formula is C19H19N3O4S. The second kappa shape index (κ2) is 8.17. The smallest absolute Gasteiger partial charge is 0.267 e. The Morgan fingerprint density at radius 1 is 1.15 bits per heavy atom. The molecule has 0 aliphatic heterocycles. The molecule has 1 amide bonds. The molecule has 27 heavy (non-hydrogen) atoms. The van der Waals surface area contributed by atoms with E-state index in [1.54, 1.807) is 12.1 Å². The van der Waals surface area contributed by atoms with Gasteiger partial charge in [0.15, 0.2) is 0 Å². The number of aromatic nitrogens is 1. The largest absolute Gasteiger partial charge is 0.361 e. The highest BCUT2D eigenvalue weighted by atomic mass is 32.2. The lowest BCUT2D eigenvalue weighted by Crippen LogP contribution is -2.26. The van der Waals surface area contributed by atoms with Crippen molar-refractivity contribution < 1.29 is 18.4 Å². The summed E-state index contributed by atoms with van der Waals surface area (Å²) in [5, 5.41) is 9.55. The zero-order valence-electron chi connectivity index (χ0n) is 14.3. The van der Waals surface area contributed by atoms with Crippen LogP contribution in [0.3, 0.4) is 0 Å². The Balaban J connectivity index is 1.68. The standard InChI is InChI=1S/C19H19N3O4S/c23-19(22-24)9-8-14-4-3-5-16(12-14)27(25,26)21-11-10-15-13-20-18-7-2-1-6-17(15)18/h1-9,12-13,20-21,24H,10-11H2,(H,22,23). The Kier molecular flexibility index (Phi) is 5.70. The van der Waals surface area contributed by atoms with Crippen LogP contribution in [0, 0.1) is 0 Å². The molecule has 0 fully saturated rings. The van der Waals surface area contributed by atoms with Crippen molar-refractivity contribution in [1.29, 1.82) is 0 Å². The maximum Gasteiger partial charge on any atom is 0.267 e. The first-order valence-corrected chi connectivity index (χ1v) is 9.75. The van der Waals surface area contributed by atoms with E-state index in [0.717, 1.165) is 22.5 Å². The summed E-state index contributed by atoms with van der Waals surface area (Å²) in [4.78, 5) is 14.3. The lowest BCUT2D eigenvalue weighted by molar-refractivity contribution is -0.124. The summed E-state index contributed by atoms with van der Waals surface area (Å²) in [5.41, 5.74) is 4.06. The number of carbonyl (C=O) groups is 1. The number of H-pyrrole nitrogens is 1. The average molecular weight is 385 g/mol. The van der Waals surface area contributed by atoms with Gasteiger partial charge in [0, 0.05) is 29.7 Å². The van der Waals surface area contributed by atoms with Crippen LogP contribution >= 0.6 is 0 Å². The molecule has 0 bridgehead atoms. The molecule has 140 valence electrons. The molecule has 0 spiro atoms. The normalized spacial score (nSPS) is 11.9. The second-order valence-electron chi connectivity index (χ2n) is 5.89. The fourth-order valence-corrected chi connectivity index (χ4v) is 3.82. The van der Waals surface area contributed by atoms with Crippen molar-refractivity contribution in [3.63, 3.8) is 0 Å². The molecule has 0 saturated heterocycles. The highest BCUT2D eigenvalue weighted by Crippen LogP contribution is 2.18. The van der Waals surface area contributed by atoms with E-state index in [1.807, 2.05) is 30.5 Å². The number of benzene rings is 2. The fraction of sp³-hybridized carbons (Fsp3) is 0.105. The zero-order valence-corrected chi connectivity index (χ0v) is 15.2. The van der Waals surface area contributed by atoms with Crippen molar-refractivity contribution in [2.75, 3.05) is 6.54 Å². The molecule has 0 radical (unpaired) electrons. The second-order valence-corrected chi connectivity index (χ2v) is 7.66. The lowest BCUT2D eigenvalue weighted by Gasteiger charge is -2.07. The SMILES string of the molecule is O=C(C=Cc1cccc(S(=O)(=O)NCCc2c[nH]c3ccccc23)c1)NO. The minimum absolute atomic E-state index is 0.105. The number of rotatable bonds is 7. The number of hydrogen-bond donors (Lipinski definition) is 4. The highest BCUT2D eigenvalue weighted by molar-refractivity contribution is 7.89. The lowest BCUT2D eigenvalue weighted by atomic mass is 10.1. The minimum Gasteiger partial charge on any atom is -0.361 e. The van der Waals surface area contributed by atoms with Crippen molar-refractivity contribution in [2.45, 2.75) is 11.3 Å². The Morgan fingerprint density at radius 3 is 2.78 bits per heavy atom. The highest BCUT2D eigenvalue weighted by Gasteiger charge is 2.14. The van der Waals surface area contributed by atoms with Crippen LogP contribution in [-0.2, 0) is 21.2 Å². The number of nitrogens with one attached hydrogen (secondary N) is 3. The van der Waals surface area contributed by atoms with Gasteiger partial charge in [-0.25, -0.2) is 18.6 Å². The molecule has 7 nitrogen and oxygen atoms in total. The number of carbonyl (C=O) groups excluding carboxylic acids is 1. The van der Waals surface area contributed by atoms with Gasteiger partial charge in [-0.2, -0.15) is 0 Å². The minimum atomic E-state index is -3.68. The molecule has 2 aromatic carbocycles. The van der Waals surface area contributed by atoms with Gasteiger partial charge in [0.05, 0.1) is 4.90 Å². The maximum atomic E-state index is 12.5. The van der Waals surface area contributed by atoms with Crippen LogP contribution in [0.5, 0.6) is 0 Å². The summed E-state index contributed by atoms with van der Waals surface area (Å²) in [5.74, 6) is -0.694. The number of amides is 1. The molecule has 0 unspecified atom stereocenters. The average Bonchev–Trinajstić information content (AvgIpc) is 3.09. The van der Waals surface area contributed by atoms with E-state index in [9.17, 15) is 13.2 Å². The summed E-state index contributed by atoms with van der Waals surface area (Å²) in [6.07, 6.45) is 4.96. The number of aromatic amines is 1. The quantitative estimate of drug-likeness (QED) is 0.284. The molecule has 3 rings (SSSR count). The maximum absolute atomic E-state index is 12.5. The molecule has 1 heterocycles. The van der Waals surface area contributed by atoms with E-state index in [1.165, 1.54) is 23.7 Å². The van der Waals surface area contributed by atoms with E-state index >= 15 is 0 Å². The Bertz CT molecular complexity index is 1090. The van der Waals surface area contributed by atoms with Gasteiger partial charge in [-0.05, 0) is 41.8 Å². The van der Waals surface area contributed by atoms with Gasteiger partial charge >= 0.3 is 0 Å². The molecule has 3 aromatic rings. The fourth-order valence-electron chi connectivity index (χ4n) is 2.74. The number of fused-ring (bicyclic) bond motifs is 1. The van der Waals surface area contributed by atoms with Crippen molar-refractivity contribution in [3.8, 4) is 0 Å². The van der Waals surface area contributed by atoms with Gasteiger partial charge < -0.3 is 4.98 Å². The Labute approximate surface area is 156 Å². The van der Waals surface area contributed by atoms with E-state index < -0.39 is 15.9 Å². The molecule has 0 atom stereocenters. The Morgan fingerprint density at radius 2 is 1.96 bits per heavy atom. The van der Waals surface area contributed by atoms with Gasteiger partial charge in [0.2, 0.25) is 10.0 Å². The summed E-state index contributed by atoms with van der Waals surface area (Å²) in [6.45, 7) is 0.261. The van der Waals surface area contributed by atoms with Crippen LogP contribution in [0.25, 0.3) is 17.0 Å². The van der Waals surface area contributed by atoms with Crippen molar-refractivity contribution in [1.82, 2.24) is 15.2 Å². The number of hydrogen-bond acceptors (Lipinski definition) is 4. The molecular weight excluding hydrogens is 366 g/mol. The molecule has 8 heteroatoms. The molecule has 1 aromatic heterocycles. The summed E-state index contributed by atoms with van der Waals surface area (Å²) < 4.78 is 27.6. The third-order valence-electron chi connectivity index (χ3n) is 4.07. The summed E-state index contributed by atoms with van der Waals surface area (Å²) in [6, 6.07) is 14.0. The van der Waals surface area contributed by atoms with Gasteiger partial charge in [0.25, 0.3) is 5.91 Å². The van der Waals surface area contributed by atoms with Gasteiger partial charge in [-0.15, -0.1) is 0 Å². The molecule has 0 saturated carbocycles. The predicted octanol–water partition coefficient (Wildman–Crippen LogP) is 2.21. The van der Waals surface area contributed by atoms with Gasteiger partial charge in [-0.1, -0.05) is 30.3 Å². The first-order valence-electron chi connectivity index (χ1n) is 8.26. The number of hydroxylamine groups is 1. The molecule has 4 N–H and O–H groups in total. The van der Waals surface area contributed by atoms with Crippen LogP contribution in [-0.4, -0.2) is 31.1 Å². The van der Waals surface area contributed by atoms with Crippen LogP contribution in [0.1, 0.15) is 11.1 Å². The van der Waals surface area contributed by atoms with Crippen LogP contribution < -0.4 is 10.2 Å². The first-order chi connectivity index (χ1) is 13.0. The van der Waals surface area contributed by atoms with E-state index in [0.29, 0.717) is 12.0 Å². The monoisotopic (exact) mass is 385 g/mol. The number of sulfonamides is 1. The predicted molar refractivity (Wildman–Crippen MR) is 103 cm³/mol. The van der Waals surface area contributed by atoms with Crippen LogP contribution in [0.2, 0.25) is 0 Å². The van der Waals surface area contributed by atoms with Crippen molar-refractivity contribution in [3.05, 3.63) is 71.9 Å². The van der Waals surface area contributed by atoms with E-state index in [-0.39, 0.29) is 11.4 Å². The first kappa shape index (κ1) is 18.8. The topological polar surface area (TPSA) is 111 Å². The van der Waals surface area contributed by atoms with Crippen molar-refractivity contribution in [2.24, 2.45) is 0 Å². The van der Waals surface area contributed by atoms with Crippen molar-refractivity contribution >= 4 is 32.9 Å². The molecule has 0 aliphatic carbocycles. The molecule has 0 aliphatic rings. The van der Waals surface area contributed by atoms with Gasteiger partial charge in [-0.3, -0.25) is 10.0 Å². The zero-order chi connectivity index (χ0) is 19.3. The number of para-hydroxylation sites is 1. The van der Waals surface area contributed by atoms with Crippen LogP contribution in [0.15, 0.2) is 65.7 Å². The Hall–Kier alpha value is -2.94. The summed E-state index contributed by atoms with van der Waals surface area (Å²) in [7, 11) is -3.68. The van der Waals surface area contributed by atoms with Crippen LogP contribution in [0.4, 0.5) is 0 Å². The van der Waals surface area contributed by atoms with E-state index in [4.69, 9.17) is 5.21 Å². The van der Waals surface area contributed by atoms with Gasteiger partial charge in [0.1, 0.15) is 0 Å².